The normalized spacial score (nSPS) is 14.5. The van der Waals surface area contributed by atoms with Crippen LogP contribution in [0, 0.1) is 0 Å². The third-order valence-electron chi connectivity index (χ3n) is 1.16. The van der Waals surface area contributed by atoms with Crippen molar-refractivity contribution in [1.29, 1.82) is 0 Å². The zero-order valence-corrected chi connectivity index (χ0v) is 5.87. The van der Waals surface area contributed by atoms with Crippen LogP contribution in [0.15, 0.2) is 12.3 Å². The summed E-state index contributed by atoms with van der Waals surface area (Å²) in [6.07, 6.45) is 1.22. The molecule has 0 saturated carbocycles. The summed E-state index contributed by atoms with van der Waals surface area (Å²) < 4.78 is 29.9. The molecule has 11 heavy (non-hydrogen) atoms. The summed E-state index contributed by atoms with van der Waals surface area (Å²) in [6.45, 7) is 0. The van der Waals surface area contributed by atoms with E-state index in [4.69, 9.17) is 8.85 Å². The van der Waals surface area contributed by atoms with Gasteiger partial charge in [-0.25, -0.2) is 4.98 Å². The van der Waals surface area contributed by atoms with Crippen molar-refractivity contribution in [2.45, 2.75) is 0 Å². The van der Waals surface area contributed by atoms with Crippen molar-refractivity contribution in [2.24, 2.45) is 0 Å². The number of nitrogens with zero attached hydrogens (tertiary/aromatic N) is 1. The van der Waals surface area contributed by atoms with Crippen LogP contribution in [-0.2, 0) is 0 Å². The highest BCUT2D eigenvalue weighted by atomic mass is 16.5. The predicted molar refractivity (Wildman–Crippen MR) is 39.0 cm³/mol. The van der Waals surface area contributed by atoms with Gasteiger partial charge in [0.05, 0.1) is 18.3 Å². The van der Waals surface area contributed by atoms with E-state index < -0.39 is 12.9 Å². The van der Waals surface area contributed by atoms with Crippen LogP contribution in [0.1, 0.15) is 4.11 Å². The van der Waals surface area contributed by atoms with E-state index in [1.165, 1.54) is 19.4 Å². The van der Waals surface area contributed by atoms with Crippen molar-refractivity contribution in [3.63, 3.8) is 0 Å². The average molecular weight is 158 g/mol. The maximum Gasteiger partial charge on any atom is 0.258 e. The van der Waals surface area contributed by atoms with E-state index in [2.05, 4.69) is 9.72 Å². The first kappa shape index (κ1) is 4.43. The summed E-state index contributed by atoms with van der Waals surface area (Å²) in [6, 6.07) is 1.30. The van der Waals surface area contributed by atoms with Crippen LogP contribution in [0.2, 0.25) is 0 Å². The summed E-state index contributed by atoms with van der Waals surface area (Å²) in [5.41, 5.74) is 0. The van der Waals surface area contributed by atoms with E-state index in [0.29, 0.717) is 0 Å². The molecule has 4 nitrogen and oxygen atoms in total. The Hall–Kier alpha value is -1.45. The molecule has 0 aliphatic heterocycles. The van der Waals surface area contributed by atoms with Gasteiger partial charge in [0, 0.05) is 12.3 Å². The van der Waals surface area contributed by atoms with Gasteiger partial charge in [0.2, 0.25) is 5.75 Å². The first-order valence-corrected chi connectivity index (χ1v) is 2.85. The minimum absolute atomic E-state index is 0.0694. The molecule has 0 fully saturated rings. The van der Waals surface area contributed by atoms with E-state index in [1.54, 1.807) is 0 Å². The molecule has 1 rings (SSSR count). The number of methoxy groups -OCH3 is 2. The van der Waals surface area contributed by atoms with E-state index >= 15 is 0 Å². The van der Waals surface area contributed by atoms with Crippen LogP contribution in [0.5, 0.6) is 17.4 Å². The Balaban J connectivity index is 3.02. The fourth-order valence-corrected chi connectivity index (χ4v) is 0.692. The lowest BCUT2D eigenvalue weighted by Gasteiger charge is -2.06. The molecule has 0 saturated heterocycles. The molecule has 0 spiro atoms. The second-order valence-corrected chi connectivity index (χ2v) is 1.77. The van der Waals surface area contributed by atoms with Crippen LogP contribution in [-0.4, -0.2) is 24.2 Å². The predicted octanol–water partition coefficient (Wildman–Crippen LogP) is 0.804. The smallest absolute Gasteiger partial charge is 0.258 e. The monoisotopic (exact) mass is 158 g/mol. The maximum atomic E-state index is 9.19. The van der Waals surface area contributed by atoms with Crippen molar-refractivity contribution in [2.75, 3.05) is 14.1 Å². The first-order chi connectivity index (χ1) is 6.44. The highest BCUT2D eigenvalue weighted by Crippen LogP contribution is 2.32. The van der Waals surface area contributed by atoms with Gasteiger partial charge in [0.25, 0.3) is 5.88 Å². The zero-order chi connectivity index (χ0) is 10.8. The first-order valence-electron chi connectivity index (χ1n) is 4.35. The lowest BCUT2D eigenvalue weighted by Crippen LogP contribution is -1.91. The SMILES string of the molecule is [2H]C([2H])([2H])Oc1ccnc(O)c1OC. The second kappa shape index (κ2) is 3.09. The van der Waals surface area contributed by atoms with Gasteiger partial charge >= 0.3 is 0 Å². The van der Waals surface area contributed by atoms with Crippen molar-refractivity contribution in [3.8, 4) is 17.4 Å². The molecule has 1 aromatic heterocycles. The largest absolute Gasteiger partial charge is 0.493 e. The Morgan fingerprint density at radius 2 is 2.45 bits per heavy atom. The Labute approximate surface area is 68.6 Å². The standard InChI is InChI=1S/C7H9NO3/c1-10-5-3-4-8-7(9)6(5)11-2/h3-4H,1-2H3,(H,8,9)/i1D3. The van der Waals surface area contributed by atoms with Gasteiger partial charge in [-0.1, -0.05) is 0 Å². The number of rotatable bonds is 2. The molecule has 0 aliphatic rings. The molecular weight excluding hydrogens is 146 g/mol. The molecule has 60 valence electrons. The topological polar surface area (TPSA) is 51.6 Å². The Morgan fingerprint density at radius 1 is 1.64 bits per heavy atom. The third-order valence-corrected chi connectivity index (χ3v) is 1.16. The van der Waals surface area contributed by atoms with Crippen molar-refractivity contribution < 1.29 is 18.7 Å². The van der Waals surface area contributed by atoms with Gasteiger partial charge < -0.3 is 14.6 Å². The minimum Gasteiger partial charge on any atom is -0.493 e. The van der Waals surface area contributed by atoms with Gasteiger partial charge in [0.15, 0.2) is 5.75 Å². The number of aromatic nitrogens is 1. The molecule has 0 unspecified atom stereocenters. The summed E-state index contributed by atoms with van der Waals surface area (Å²) in [4.78, 5) is 3.51. The lowest BCUT2D eigenvalue weighted by atomic mass is 10.4. The highest BCUT2D eigenvalue weighted by Gasteiger charge is 2.08. The summed E-state index contributed by atoms with van der Waals surface area (Å²) in [7, 11) is -1.30. The maximum absolute atomic E-state index is 9.19. The summed E-state index contributed by atoms with van der Waals surface area (Å²) >= 11 is 0. The molecule has 0 aromatic carbocycles. The number of pyridine rings is 1. The van der Waals surface area contributed by atoms with E-state index in [-0.39, 0.29) is 11.5 Å². The lowest BCUT2D eigenvalue weighted by molar-refractivity contribution is 0.326. The zero-order valence-electron chi connectivity index (χ0n) is 8.87. The number of hydrogen-bond donors (Lipinski definition) is 1. The highest BCUT2D eigenvalue weighted by molar-refractivity contribution is 5.45. The fourth-order valence-electron chi connectivity index (χ4n) is 0.692. The summed E-state index contributed by atoms with van der Waals surface area (Å²) in [5.74, 6) is -0.571. The molecule has 0 atom stereocenters. The van der Waals surface area contributed by atoms with E-state index in [9.17, 15) is 5.11 Å². The van der Waals surface area contributed by atoms with Gasteiger partial charge in [-0.15, -0.1) is 0 Å². The second-order valence-electron chi connectivity index (χ2n) is 1.77. The van der Waals surface area contributed by atoms with Gasteiger partial charge in [0.1, 0.15) is 0 Å². The number of hydrogen-bond acceptors (Lipinski definition) is 4. The third kappa shape index (κ3) is 1.34. The van der Waals surface area contributed by atoms with Gasteiger partial charge in [-0.2, -0.15) is 0 Å². The molecule has 0 radical (unpaired) electrons. The van der Waals surface area contributed by atoms with Crippen molar-refractivity contribution in [1.82, 2.24) is 4.98 Å². The van der Waals surface area contributed by atoms with Crippen LogP contribution in [0.3, 0.4) is 0 Å². The van der Waals surface area contributed by atoms with E-state index in [0.717, 1.165) is 0 Å². The quantitative estimate of drug-likeness (QED) is 0.691. The number of ether oxygens (including phenoxy) is 2. The summed E-state index contributed by atoms with van der Waals surface area (Å²) in [5, 5.41) is 9.19. The fraction of sp³-hybridized carbons (Fsp3) is 0.286. The molecular formula is C7H9NO3. The Morgan fingerprint density at radius 3 is 3.09 bits per heavy atom. The van der Waals surface area contributed by atoms with Crippen LogP contribution in [0.4, 0.5) is 0 Å². The molecule has 1 heterocycles. The molecule has 1 aromatic rings. The number of aromatic hydroxyl groups is 1. The van der Waals surface area contributed by atoms with Crippen LogP contribution < -0.4 is 9.47 Å². The van der Waals surface area contributed by atoms with Gasteiger partial charge in [-0.05, 0) is 0 Å². The molecule has 0 aliphatic carbocycles. The average Bonchev–Trinajstić information content (AvgIpc) is 2.01. The van der Waals surface area contributed by atoms with Crippen molar-refractivity contribution >= 4 is 0 Å². The van der Waals surface area contributed by atoms with E-state index in [1.807, 2.05) is 0 Å². The van der Waals surface area contributed by atoms with Gasteiger partial charge in [-0.3, -0.25) is 0 Å². The van der Waals surface area contributed by atoms with Crippen LogP contribution >= 0.6 is 0 Å². The van der Waals surface area contributed by atoms with Crippen LogP contribution in [0.25, 0.3) is 0 Å². The van der Waals surface area contributed by atoms with Crippen molar-refractivity contribution in [3.05, 3.63) is 12.3 Å². The molecule has 1 N–H and O–H groups in total. The minimum atomic E-state index is -2.58. The molecule has 4 heteroatoms. The Kier molecular flexibility index (Phi) is 1.25. The molecule has 0 amide bonds. The Bertz CT molecular complexity index is 326. The molecule has 0 bridgehead atoms.